The van der Waals surface area contributed by atoms with Crippen LogP contribution in [0.2, 0.25) is 0 Å². The molecule has 2 aliphatic rings. The third-order valence-electron chi connectivity index (χ3n) is 4.44. The smallest absolute Gasteiger partial charge is 0.226 e. The Kier molecular flexibility index (Phi) is 5.01. The zero-order chi connectivity index (χ0) is 13.0. The molecule has 2 atom stereocenters. The van der Waals surface area contributed by atoms with Crippen molar-refractivity contribution in [1.29, 1.82) is 0 Å². The maximum atomic E-state index is 12.5. The standard InChI is InChI=1S/C14H26N2O2/c1-2-18-12-6-8-16(9-7-12)14(17)13-5-3-4-11(13)10-15/h11-13H,2-10,15H2,1H3. The average Bonchev–Trinajstić information content (AvgIpc) is 2.87. The summed E-state index contributed by atoms with van der Waals surface area (Å²) in [4.78, 5) is 14.5. The molecule has 2 fully saturated rings. The van der Waals surface area contributed by atoms with E-state index in [1.165, 1.54) is 0 Å². The maximum absolute atomic E-state index is 12.5. The Morgan fingerprint density at radius 2 is 2.00 bits per heavy atom. The van der Waals surface area contributed by atoms with Gasteiger partial charge in [0, 0.05) is 25.6 Å². The van der Waals surface area contributed by atoms with Gasteiger partial charge in [-0.05, 0) is 45.1 Å². The van der Waals surface area contributed by atoms with E-state index in [1.807, 2.05) is 11.8 Å². The highest BCUT2D eigenvalue weighted by molar-refractivity contribution is 5.79. The highest BCUT2D eigenvalue weighted by atomic mass is 16.5. The number of rotatable bonds is 4. The molecule has 0 radical (unpaired) electrons. The van der Waals surface area contributed by atoms with Crippen molar-refractivity contribution in [1.82, 2.24) is 4.90 Å². The summed E-state index contributed by atoms with van der Waals surface area (Å²) in [6.07, 6.45) is 5.65. The lowest BCUT2D eigenvalue weighted by Crippen LogP contribution is -2.45. The molecule has 4 heteroatoms. The molecule has 4 nitrogen and oxygen atoms in total. The number of hydrogen-bond acceptors (Lipinski definition) is 3. The molecule has 0 bridgehead atoms. The SMILES string of the molecule is CCOC1CCN(C(=O)C2CCCC2CN)CC1. The molecule has 0 aromatic rings. The van der Waals surface area contributed by atoms with Gasteiger partial charge in [-0.15, -0.1) is 0 Å². The summed E-state index contributed by atoms with van der Waals surface area (Å²) in [6.45, 7) is 5.18. The second-order valence-electron chi connectivity index (χ2n) is 5.51. The van der Waals surface area contributed by atoms with Crippen LogP contribution in [0.5, 0.6) is 0 Å². The molecule has 0 spiro atoms. The van der Waals surface area contributed by atoms with Gasteiger partial charge in [-0.2, -0.15) is 0 Å². The van der Waals surface area contributed by atoms with E-state index in [4.69, 9.17) is 10.5 Å². The number of carbonyl (C=O) groups is 1. The fraction of sp³-hybridized carbons (Fsp3) is 0.929. The van der Waals surface area contributed by atoms with Crippen molar-refractivity contribution in [3.8, 4) is 0 Å². The highest BCUT2D eigenvalue weighted by Gasteiger charge is 2.35. The Morgan fingerprint density at radius 1 is 1.28 bits per heavy atom. The van der Waals surface area contributed by atoms with Crippen LogP contribution in [0.3, 0.4) is 0 Å². The molecule has 1 aliphatic carbocycles. The van der Waals surface area contributed by atoms with Crippen LogP contribution >= 0.6 is 0 Å². The lowest BCUT2D eigenvalue weighted by molar-refractivity contribution is -0.139. The predicted octanol–water partition coefficient (Wildman–Crippen LogP) is 1.39. The molecular weight excluding hydrogens is 228 g/mol. The number of hydrogen-bond donors (Lipinski definition) is 1. The summed E-state index contributed by atoms with van der Waals surface area (Å²) >= 11 is 0. The summed E-state index contributed by atoms with van der Waals surface area (Å²) < 4.78 is 5.62. The minimum atomic E-state index is 0.193. The highest BCUT2D eigenvalue weighted by Crippen LogP contribution is 2.33. The fourth-order valence-corrected chi connectivity index (χ4v) is 3.36. The van der Waals surface area contributed by atoms with Gasteiger partial charge in [0.05, 0.1) is 6.10 Å². The molecule has 1 saturated heterocycles. The first kappa shape index (κ1) is 13.8. The minimum absolute atomic E-state index is 0.193. The van der Waals surface area contributed by atoms with Crippen LogP contribution in [0.25, 0.3) is 0 Å². The van der Waals surface area contributed by atoms with E-state index in [9.17, 15) is 4.79 Å². The second kappa shape index (κ2) is 6.53. The number of nitrogens with zero attached hydrogens (tertiary/aromatic N) is 1. The lowest BCUT2D eigenvalue weighted by Gasteiger charge is -2.34. The van der Waals surface area contributed by atoms with E-state index >= 15 is 0 Å². The fourth-order valence-electron chi connectivity index (χ4n) is 3.36. The first-order valence-electron chi connectivity index (χ1n) is 7.36. The van der Waals surface area contributed by atoms with Crippen LogP contribution in [0.15, 0.2) is 0 Å². The van der Waals surface area contributed by atoms with E-state index in [1.54, 1.807) is 0 Å². The quantitative estimate of drug-likeness (QED) is 0.825. The number of piperidine rings is 1. The van der Waals surface area contributed by atoms with Crippen molar-refractivity contribution in [2.24, 2.45) is 17.6 Å². The van der Waals surface area contributed by atoms with Crippen molar-refractivity contribution < 1.29 is 9.53 Å². The lowest BCUT2D eigenvalue weighted by atomic mass is 9.93. The Balaban J connectivity index is 1.83. The van der Waals surface area contributed by atoms with Crippen molar-refractivity contribution in [2.75, 3.05) is 26.2 Å². The van der Waals surface area contributed by atoms with Crippen molar-refractivity contribution in [3.05, 3.63) is 0 Å². The summed E-state index contributed by atoms with van der Waals surface area (Å²) in [5.74, 6) is 0.957. The molecule has 1 amide bonds. The van der Waals surface area contributed by atoms with Crippen molar-refractivity contribution in [3.63, 3.8) is 0 Å². The van der Waals surface area contributed by atoms with E-state index in [0.29, 0.717) is 24.5 Å². The Hall–Kier alpha value is -0.610. The minimum Gasteiger partial charge on any atom is -0.378 e. The van der Waals surface area contributed by atoms with Crippen LogP contribution < -0.4 is 5.73 Å². The van der Waals surface area contributed by atoms with Crippen LogP contribution in [0.4, 0.5) is 0 Å². The van der Waals surface area contributed by atoms with Gasteiger partial charge < -0.3 is 15.4 Å². The van der Waals surface area contributed by atoms with Gasteiger partial charge >= 0.3 is 0 Å². The Labute approximate surface area is 110 Å². The van der Waals surface area contributed by atoms with Gasteiger partial charge in [0.2, 0.25) is 5.91 Å². The van der Waals surface area contributed by atoms with Gasteiger partial charge in [0.1, 0.15) is 0 Å². The van der Waals surface area contributed by atoms with Crippen LogP contribution in [0, 0.1) is 11.8 Å². The normalized spacial score (nSPS) is 29.8. The third-order valence-corrected chi connectivity index (χ3v) is 4.44. The molecule has 1 saturated carbocycles. The van der Waals surface area contributed by atoms with E-state index in [2.05, 4.69) is 0 Å². The molecule has 2 N–H and O–H groups in total. The van der Waals surface area contributed by atoms with Crippen LogP contribution in [-0.4, -0.2) is 43.2 Å². The first-order chi connectivity index (χ1) is 8.76. The number of amides is 1. The number of carbonyl (C=O) groups excluding carboxylic acids is 1. The number of nitrogens with two attached hydrogens (primary N) is 1. The van der Waals surface area contributed by atoms with Gasteiger partial charge in [-0.3, -0.25) is 4.79 Å². The molecule has 1 aliphatic heterocycles. The van der Waals surface area contributed by atoms with Gasteiger partial charge in [0.15, 0.2) is 0 Å². The molecule has 0 aromatic heterocycles. The predicted molar refractivity (Wildman–Crippen MR) is 71.1 cm³/mol. The molecule has 1 heterocycles. The van der Waals surface area contributed by atoms with Crippen LogP contribution in [-0.2, 0) is 9.53 Å². The van der Waals surface area contributed by atoms with Crippen molar-refractivity contribution in [2.45, 2.75) is 45.1 Å². The maximum Gasteiger partial charge on any atom is 0.226 e. The second-order valence-corrected chi connectivity index (χ2v) is 5.51. The first-order valence-corrected chi connectivity index (χ1v) is 7.36. The van der Waals surface area contributed by atoms with Gasteiger partial charge in [-0.1, -0.05) is 6.42 Å². The van der Waals surface area contributed by atoms with E-state index in [0.717, 1.165) is 51.8 Å². The topological polar surface area (TPSA) is 55.6 Å². The Morgan fingerprint density at radius 3 is 2.61 bits per heavy atom. The molecular formula is C14H26N2O2. The molecule has 0 aromatic carbocycles. The molecule has 104 valence electrons. The van der Waals surface area contributed by atoms with Crippen LogP contribution in [0.1, 0.15) is 39.0 Å². The van der Waals surface area contributed by atoms with E-state index in [-0.39, 0.29) is 5.92 Å². The summed E-state index contributed by atoms with van der Waals surface area (Å²) in [5.41, 5.74) is 5.76. The monoisotopic (exact) mass is 254 g/mol. The summed E-state index contributed by atoms with van der Waals surface area (Å²) in [7, 11) is 0. The van der Waals surface area contributed by atoms with Gasteiger partial charge in [-0.25, -0.2) is 0 Å². The average molecular weight is 254 g/mol. The van der Waals surface area contributed by atoms with E-state index < -0.39 is 0 Å². The zero-order valence-electron chi connectivity index (χ0n) is 11.4. The van der Waals surface area contributed by atoms with Crippen molar-refractivity contribution >= 4 is 5.91 Å². The molecule has 2 rings (SSSR count). The largest absolute Gasteiger partial charge is 0.378 e. The zero-order valence-corrected chi connectivity index (χ0v) is 11.4. The molecule has 2 unspecified atom stereocenters. The molecule has 18 heavy (non-hydrogen) atoms. The number of ether oxygens (including phenoxy) is 1. The summed E-state index contributed by atoms with van der Waals surface area (Å²) in [6, 6.07) is 0. The Bertz CT molecular complexity index is 275. The number of likely N-dealkylation sites (tertiary alicyclic amines) is 1. The third kappa shape index (κ3) is 3.04. The summed E-state index contributed by atoms with van der Waals surface area (Å²) in [5, 5.41) is 0. The van der Waals surface area contributed by atoms with Gasteiger partial charge in [0.25, 0.3) is 0 Å².